The first-order valence-electron chi connectivity index (χ1n) is 5.65. The van der Waals surface area contributed by atoms with Crippen molar-refractivity contribution in [2.75, 3.05) is 6.54 Å². The van der Waals surface area contributed by atoms with Crippen molar-refractivity contribution in [2.45, 2.75) is 50.1 Å². The van der Waals surface area contributed by atoms with Gasteiger partial charge in [-0.05, 0) is 12.8 Å². The van der Waals surface area contributed by atoms with Crippen molar-refractivity contribution in [1.29, 1.82) is 0 Å². The number of aromatic amines is 1. The highest BCUT2D eigenvalue weighted by molar-refractivity contribution is 7.99. The van der Waals surface area contributed by atoms with Crippen LogP contribution in [0.3, 0.4) is 0 Å². The molecule has 2 N–H and O–H groups in total. The van der Waals surface area contributed by atoms with Gasteiger partial charge in [0, 0.05) is 30.2 Å². The summed E-state index contributed by atoms with van der Waals surface area (Å²) < 4.78 is 0. The molecule has 86 valence electrons. The maximum atomic E-state index is 4.20. The summed E-state index contributed by atoms with van der Waals surface area (Å²) in [6.07, 6.45) is 6.07. The molecule has 0 aliphatic rings. The Morgan fingerprint density at radius 3 is 2.73 bits per heavy atom. The minimum Gasteiger partial charge on any atom is -0.340 e. The van der Waals surface area contributed by atoms with E-state index in [1.807, 2.05) is 6.20 Å². The normalized spacial score (nSPS) is 13.3. The number of hydrogen-bond acceptors (Lipinski definition) is 3. The standard InChI is InChI=1S/C11H21N3S/c1-4-10(5-2)14-8-9(3)15-11-12-6-7-13-11/h6-7,9-10,14H,4-5,8H2,1-3H3,(H,12,13). The molecule has 0 bridgehead atoms. The molecule has 0 saturated carbocycles. The van der Waals surface area contributed by atoms with Crippen molar-refractivity contribution in [3.05, 3.63) is 12.4 Å². The maximum Gasteiger partial charge on any atom is 0.165 e. The second kappa shape index (κ2) is 6.90. The molecule has 0 aliphatic carbocycles. The Morgan fingerprint density at radius 2 is 2.20 bits per heavy atom. The minimum atomic E-state index is 0.553. The number of thioether (sulfide) groups is 1. The Hall–Kier alpha value is -0.480. The summed E-state index contributed by atoms with van der Waals surface area (Å²) in [4.78, 5) is 7.31. The third-order valence-corrected chi connectivity index (χ3v) is 3.48. The summed E-state index contributed by atoms with van der Waals surface area (Å²) in [6.45, 7) is 7.72. The van der Waals surface area contributed by atoms with Gasteiger partial charge in [0.15, 0.2) is 5.16 Å². The molecule has 0 fully saturated rings. The van der Waals surface area contributed by atoms with Gasteiger partial charge in [0.25, 0.3) is 0 Å². The van der Waals surface area contributed by atoms with Crippen molar-refractivity contribution in [3.63, 3.8) is 0 Å². The van der Waals surface area contributed by atoms with Gasteiger partial charge >= 0.3 is 0 Å². The highest BCUT2D eigenvalue weighted by Crippen LogP contribution is 2.18. The molecule has 1 aromatic heterocycles. The van der Waals surface area contributed by atoms with E-state index in [4.69, 9.17) is 0 Å². The first kappa shape index (κ1) is 12.6. The van der Waals surface area contributed by atoms with E-state index >= 15 is 0 Å². The molecule has 1 heterocycles. The van der Waals surface area contributed by atoms with Crippen LogP contribution in [0.4, 0.5) is 0 Å². The molecule has 0 aliphatic heterocycles. The number of nitrogens with one attached hydrogen (secondary N) is 2. The van der Waals surface area contributed by atoms with E-state index in [0.717, 1.165) is 11.7 Å². The summed E-state index contributed by atoms with van der Waals surface area (Å²) in [5.74, 6) is 0. The quantitative estimate of drug-likeness (QED) is 0.704. The molecular formula is C11H21N3S. The van der Waals surface area contributed by atoms with Crippen molar-refractivity contribution in [2.24, 2.45) is 0 Å². The summed E-state index contributed by atoms with van der Waals surface area (Å²) >= 11 is 1.78. The summed E-state index contributed by atoms with van der Waals surface area (Å²) in [5.41, 5.74) is 0. The SMILES string of the molecule is CCC(CC)NCC(C)Sc1ncc[nH]1. The molecule has 0 spiro atoms. The minimum absolute atomic E-state index is 0.553. The van der Waals surface area contributed by atoms with Gasteiger partial charge in [-0.1, -0.05) is 32.5 Å². The second-order valence-corrected chi connectivity index (χ2v) is 5.17. The van der Waals surface area contributed by atoms with Crippen LogP contribution in [0, 0.1) is 0 Å². The predicted molar refractivity (Wildman–Crippen MR) is 66.3 cm³/mol. The van der Waals surface area contributed by atoms with Gasteiger partial charge < -0.3 is 10.3 Å². The number of imidazole rings is 1. The number of rotatable bonds is 7. The molecule has 0 aromatic carbocycles. The van der Waals surface area contributed by atoms with E-state index in [1.165, 1.54) is 12.8 Å². The Labute approximate surface area is 96.5 Å². The molecule has 0 radical (unpaired) electrons. The zero-order chi connectivity index (χ0) is 11.1. The Bertz CT molecular complexity index is 244. The lowest BCUT2D eigenvalue weighted by Gasteiger charge is -2.17. The van der Waals surface area contributed by atoms with E-state index in [0.29, 0.717) is 11.3 Å². The molecule has 15 heavy (non-hydrogen) atoms. The number of aromatic nitrogens is 2. The van der Waals surface area contributed by atoms with Crippen LogP contribution in [-0.2, 0) is 0 Å². The molecule has 1 rings (SSSR count). The van der Waals surface area contributed by atoms with E-state index in [9.17, 15) is 0 Å². The molecule has 1 unspecified atom stereocenters. The van der Waals surface area contributed by atoms with Crippen molar-refractivity contribution < 1.29 is 0 Å². The van der Waals surface area contributed by atoms with E-state index in [1.54, 1.807) is 18.0 Å². The highest BCUT2D eigenvalue weighted by Gasteiger charge is 2.08. The van der Waals surface area contributed by atoms with Crippen LogP contribution in [0.5, 0.6) is 0 Å². The van der Waals surface area contributed by atoms with Gasteiger partial charge in [-0.2, -0.15) is 0 Å². The van der Waals surface area contributed by atoms with Crippen LogP contribution < -0.4 is 5.32 Å². The lowest BCUT2D eigenvalue weighted by Crippen LogP contribution is -2.32. The van der Waals surface area contributed by atoms with Crippen molar-refractivity contribution in [3.8, 4) is 0 Å². The molecular weight excluding hydrogens is 206 g/mol. The first-order valence-corrected chi connectivity index (χ1v) is 6.53. The van der Waals surface area contributed by atoms with Gasteiger partial charge in [-0.3, -0.25) is 0 Å². The molecule has 4 heteroatoms. The maximum absolute atomic E-state index is 4.20. The van der Waals surface area contributed by atoms with Crippen molar-refractivity contribution >= 4 is 11.8 Å². The summed E-state index contributed by atoms with van der Waals surface area (Å²) in [7, 11) is 0. The third-order valence-electron chi connectivity index (χ3n) is 2.47. The van der Waals surface area contributed by atoms with E-state index in [2.05, 4.69) is 36.1 Å². The number of H-pyrrole nitrogens is 1. The van der Waals surface area contributed by atoms with Crippen LogP contribution in [-0.4, -0.2) is 27.8 Å². The Morgan fingerprint density at radius 1 is 1.47 bits per heavy atom. The zero-order valence-electron chi connectivity index (χ0n) is 9.79. The van der Waals surface area contributed by atoms with Crippen molar-refractivity contribution in [1.82, 2.24) is 15.3 Å². The number of hydrogen-bond donors (Lipinski definition) is 2. The van der Waals surface area contributed by atoms with Crippen LogP contribution in [0.1, 0.15) is 33.6 Å². The van der Waals surface area contributed by atoms with Gasteiger partial charge in [0.2, 0.25) is 0 Å². The molecule has 3 nitrogen and oxygen atoms in total. The molecule has 0 amide bonds. The van der Waals surface area contributed by atoms with E-state index in [-0.39, 0.29) is 0 Å². The number of nitrogens with zero attached hydrogens (tertiary/aromatic N) is 1. The van der Waals surface area contributed by atoms with E-state index < -0.39 is 0 Å². The van der Waals surface area contributed by atoms with Gasteiger partial charge in [-0.15, -0.1) is 0 Å². The Balaban J connectivity index is 2.21. The van der Waals surface area contributed by atoms with Gasteiger partial charge in [-0.25, -0.2) is 4.98 Å². The topological polar surface area (TPSA) is 40.7 Å². The Kier molecular flexibility index (Phi) is 5.79. The van der Waals surface area contributed by atoms with Gasteiger partial charge in [0.1, 0.15) is 0 Å². The lowest BCUT2D eigenvalue weighted by molar-refractivity contribution is 0.487. The molecule has 0 saturated heterocycles. The molecule has 1 aromatic rings. The largest absolute Gasteiger partial charge is 0.340 e. The first-order chi connectivity index (χ1) is 7.26. The zero-order valence-corrected chi connectivity index (χ0v) is 10.6. The highest BCUT2D eigenvalue weighted by atomic mass is 32.2. The van der Waals surface area contributed by atoms with Crippen LogP contribution >= 0.6 is 11.8 Å². The lowest BCUT2D eigenvalue weighted by atomic mass is 10.2. The fraction of sp³-hybridized carbons (Fsp3) is 0.727. The van der Waals surface area contributed by atoms with Crippen LogP contribution in [0.2, 0.25) is 0 Å². The predicted octanol–water partition coefficient (Wildman–Crippen LogP) is 2.67. The van der Waals surface area contributed by atoms with Crippen LogP contribution in [0.25, 0.3) is 0 Å². The van der Waals surface area contributed by atoms with Gasteiger partial charge in [0.05, 0.1) is 0 Å². The average Bonchev–Trinajstić information content (AvgIpc) is 2.72. The fourth-order valence-electron chi connectivity index (χ4n) is 1.46. The average molecular weight is 227 g/mol. The summed E-state index contributed by atoms with van der Waals surface area (Å²) in [6, 6.07) is 0.657. The second-order valence-electron chi connectivity index (χ2n) is 3.74. The third kappa shape index (κ3) is 4.71. The van der Waals surface area contributed by atoms with Crippen LogP contribution in [0.15, 0.2) is 17.6 Å². The monoisotopic (exact) mass is 227 g/mol. The smallest absolute Gasteiger partial charge is 0.165 e. The molecule has 1 atom stereocenters. The summed E-state index contributed by atoms with van der Waals surface area (Å²) in [5, 5.41) is 5.13. The fourth-order valence-corrected chi connectivity index (χ4v) is 2.28.